The topological polar surface area (TPSA) is 54.0 Å². The summed E-state index contributed by atoms with van der Waals surface area (Å²) in [6.07, 6.45) is 10.0. The van der Waals surface area contributed by atoms with E-state index in [4.69, 9.17) is 0 Å². The molecule has 1 heterocycles. The van der Waals surface area contributed by atoms with Crippen LogP contribution in [0.4, 0.5) is 0 Å². The fourth-order valence-electron chi connectivity index (χ4n) is 3.06. The summed E-state index contributed by atoms with van der Waals surface area (Å²) in [6.45, 7) is 2.00. The molecule has 4 nitrogen and oxygen atoms in total. The zero-order valence-corrected chi connectivity index (χ0v) is 12.5. The molecule has 0 aliphatic heterocycles. The van der Waals surface area contributed by atoms with Crippen LogP contribution in [-0.2, 0) is 4.79 Å². The number of hydrogen-bond acceptors (Lipinski definition) is 3. The molecule has 4 heteroatoms. The Morgan fingerprint density at radius 2 is 2.15 bits per heavy atom. The highest BCUT2D eigenvalue weighted by molar-refractivity contribution is 5.77. The van der Waals surface area contributed by atoms with Crippen molar-refractivity contribution in [2.24, 2.45) is 0 Å². The second-order valence-corrected chi connectivity index (χ2v) is 5.84. The summed E-state index contributed by atoms with van der Waals surface area (Å²) in [5.41, 5.74) is 1.04. The van der Waals surface area contributed by atoms with Crippen molar-refractivity contribution in [3.8, 4) is 0 Å². The Balaban J connectivity index is 1.91. The van der Waals surface area contributed by atoms with Crippen molar-refractivity contribution in [3.63, 3.8) is 0 Å². The molecular weight excluding hydrogens is 250 g/mol. The molecule has 0 bridgehead atoms. The highest BCUT2D eigenvalue weighted by Crippen LogP contribution is 2.30. The lowest BCUT2D eigenvalue weighted by Crippen LogP contribution is -2.48. The van der Waals surface area contributed by atoms with E-state index in [1.54, 1.807) is 12.4 Å². The molecule has 0 saturated heterocycles. The summed E-state index contributed by atoms with van der Waals surface area (Å²) in [5.74, 6) is 0.123. The van der Waals surface area contributed by atoms with Crippen LogP contribution < -0.4 is 10.6 Å². The van der Waals surface area contributed by atoms with E-state index in [0.717, 1.165) is 18.4 Å². The summed E-state index contributed by atoms with van der Waals surface area (Å²) in [7, 11) is 1.98. The molecule has 0 spiro atoms. The normalized spacial score (nSPS) is 19.3. The first-order chi connectivity index (χ1) is 9.65. The third-order valence-electron chi connectivity index (χ3n) is 4.40. The lowest BCUT2D eigenvalue weighted by Gasteiger charge is -2.37. The number of pyridine rings is 1. The van der Waals surface area contributed by atoms with Crippen LogP contribution in [-0.4, -0.2) is 23.5 Å². The molecule has 1 saturated carbocycles. The van der Waals surface area contributed by atoms with Gasteiger partial charge in [0.15, 0.2) is 0 Å². The SMILES string of the molecule is CNC1(CC(=O)NC(C)c2cccnc2)CCCCC1. The maximum Gasteiger partial charge on any atom is 0.222 e. The summed E-state index contributed by atoms with van der Waals surface area (Å²) in [5, 5.41) is 6.47. The fourth-order valence-corrected chi connectivity index (χ4v) is 3.06. The molecule has 2 rings (SSSR count). The lowest BCUT2D eigenvalue weighted by atomic mass is 9.79. The van der Waals surface area contributed by atoms with E-state index < -0.39 is 0 Å². The lowest BCUT2D eigenvalue weighted by molar-refractivity contribution is -0.123. The smallest absolute Gasteiger partial charge is 0.222 e. The summed E-state index contributed by atoms with van der Waals surface area (Å²) >= 11 is 0. The van der Waals surface area contributed by atoms with Crippen molar-refractivity contribution >= 4 is 5.91 Å². The van der Waals surface area contributed by atoms with Crippen molar-refractivity contribution < 1.29 is 4.79 Å². The molecule has 1 aromatic heterocycles. The number of nitrogens with zero attached hydrogens (tertiary/aromatic N) is 1. The van der Waals surface area contributed by atoms with E-state index in [-0.39, 0.29) is 17.5 Å². The van der Waals surface area contributed by atoms with Gasteiger partial charge >= 0.3 is 0 Å². The van der Waals surface area contributed by atoms with E-state index >= 15 is 0 Å². The highest BCUT2D eigenvalue weighted by atomic mass is 16.1. The maximum atomic E-state index is 12.3. The number of hydrogen-bond donors (Lipinski definition) is 2. The molecule has 1 aliphatic rings. The summed E-state index contributed by atoms with van der Waals surface area (Å²) in [6, 6.07) is 3.90. The van der Waals surface area contributed by atoms with E-state index in [2.05, 4.69) is 15.6 Å². The Morgan fingerprint density at radius 3 is 2.75 bits per heavy atom. The monoisotopic (exact) mass is 275 g/mol. The molecule has 1 amide bonds. The maximum absolute atomic E-state index is 12.3. The first-order valence-corrected chi connectivity index (χ1v) is 7.53. The third-order valence-corrected chi connectivity index (χ3v) is 4.40. The number of rotatable bonds is 5. The zero-order chi connectivity index (χ0) is 14.4. The van der Waals surface area contributed by atoms with Gasteiger partial charge in [0.05, 0.1) is 6.04 Å². The van der Waals surface area contributed by atoms with E-state index in [9.17, 15) is 4.79 Å². The molecule has 20 heavy (non-hydrogen) atoms. The van der Waals surface area contributed by atoms with Crippen molar-refractivity contribution in [2.75, 3.05) is 7.05 Å². The summed E-state index contributed by atoms with van der Waals surface area (Å²) in [4.78, 5) is 16.4. The number of carbonyl (C=O) groups is 1. The third kappa shape index (κ3) is 3.79. The van der Waals surface area contributed by atoms with Crippen LogP contribution >= 0.6 is 0 Å². The molecule has 2 N–H and O–H groups in total. The molecule has 0 aromatic carbocycles. The van der Waals surface area contributed by atoms with Gasteiger partial charge < -0.3 is 10.6 Å². The Kier molecular flexibility index (Phi) is 5.12. The van der Waals surface area contributed by atoms with E-state index in [1.807, 2.05) is 26.1 Å². The van der Waals surface area contributed by atoms with Crippen molar-refractivity contribution in [3.05, 3.63) is 30.1 Å². The Bertz CT molecular complexity index is 427. The molecule has 1 aromatic rings. The van der Waals surface area contributed by atoms with Crippen LogP contribution in [0.25, 0.3) is 0 Å². The first-order valence-electron chi connectivity index (χ1n) is 7.53. The molecule has 110 valence electrons. The Labute approximate surface area is 121 Å². The number of aromatic nitrogens is 1. The summed E-state index contributed by atoms with van der Waals surface area (Å²) < 4.78 is 0. The molecule has 1 atom stereocenters. The van der Waals surface area contributed by atoms with Gasteiger partial charge in [-0.25, -0.2) is 0 Å². The minimum atomic E-state index is -0.00298. The molecule has 1 unspecified atom stereocenters. The van der Waals surface area contributed by atoms with Gasteiger partial charge in [-0.05, 0) is 38.4 Å². The van der Waals surface area contributed by atoms with Crippen LogP contribution in [0.15, 0.2) is 24.5 Å². The Morgan fingerprint density at radius 1 is 1.40 bits per heavy atom. The fraction of sp³-hybridized carbons (Fsp3) is 0.625. The van der Waals surface area contributed by atoms with Crippen LogP contribution in [0.2, 0.25) is 0 Å². The predicted octanol–water partition coefficient (Wildman–Crippen LogP) is 2.57. The second kappa shape index (κ2) is 6.84. The highest BCUT2D eigenvalue weighted by Gasteiger charge is 2.32. The van der Waals surface area contributed by atoms with Crippen LogP contribution in [0.1, 0.15) is 57.1 Å². The van der Waals surface area contributed by atoms with Crippen molar-refractivity contribution in [1.82, 2.24) is 15.6 Å². The van der Waals surface area contributed by atoms with Gasteiger partial charge in [0.2, 0.25) is 5.91 Å². The van der Waals surface area contributed by atoms with Gasteiger partial charge in [-0.15, -0.1) is 0 Å². The number of carbonyl (C=O) groups excluding carboxylic acids is 1. The van der Waals surface area contributed by atoms with Crippen molar-refractivity contribution in [2.45, 2.75) is 57.0 Å². The number of nitrogens with one attached hydrogen (secondary N) is 2. The van der Waals surface area contributed by atoms with Crippen LogP contribution in [0, 0.1) is 0 Å². The van der Waals surface area contributed by atoms with Crippen LogP contribution in [0.3, 0.4) is 0 Å². The van der Waals surface area contributed by atoms with Gasteiger partial charge in [0.1, 0.15) is 0 Å². The van der Waals surface area contributed by atoms with Gasteiger partial charge in [-0.3, -0.25) is 9.78 Å². The quantitative estimate of drug-likeness (QED) is 0.868. The number of amides is 1. The van der Waals surface area contributed by atoms with Gasteiger partial charge in [-0.2, -0.15) is 0 Å². The largest absolute Gasteiger partial charge is 0.349 e. The minimum absolute atomic E-state index is 0.00298. The predicted molar refractivity (Wildman–Crippen MR) is 80.3 cm³/mol. The molecule has 1 fully saturated rings. The average Bonchev–Trinajstić information content (AvgIpc) is 2.49. The minimum Gasteiger partial charge on any atom is -0.349 e. The van der Waals surface area contributed by atoms with Crippen LogP contribution in [0.5, 0.6) is 0 Å². The van der Waals surface area contributed by atoms with Gasteiger partial charge in [-0.1, -0.05) is 25.3 Å². The van der Waals surface area contributed by atoms with E-state index in [1.165, 1.54) is 19.3 Å². The van der Waals surface area contributed by atoms with Crippen molar-refractivity contribution in [1.29, 1.82) is 0 Å². The molecular formula is C16H25N3O. The molecule has 0 radical (unpaired) electrons. The average molecular weight is 275 g/mol. The standard InChI is InChI=1S/C16H25N3O/c1-13(14-7-6-10-18-12-14)19-15(20)11-16(17-2)8-4-3-5-9-16/h6-7,10,12-13,17H,3-5,8-9,11H2,1-2H3,(H,19,20). The zero-order valence-electron chi connectivity index (χ0n) is 12.5. The molecule has 1 aliphatic carbocycles. The van der Waals surface area contributed by atoms with Gasteiger partial charge in [0.25, 0.3) is 0 Å². The Hall–Kier alpha value is -1.42. The van der Waals surface area contributed by atoms with E-state index in [0.29, 0.717) is 6.42 Å². The first kappa shape index (κ1) is 15.0. The second-order valence-electron chi connectivity index (χ2n) is 5.84. The van der Waals surface area contributed by atoms with Gasteiger partial charge in [0, 0.05) is 24.4 Å².